The molecule has 92 valence electrons. The van der Waals surface area contributed by atoms with Gasteiger partial charge < -0.3 is 4.74 Å². The van der Waals surface area contributed by atoms with Gasteiger partial charge in [-0.25, -0.2) is 0 Å². The highest BCUT2D eigenvalue weighted by Gasteiger charge is 2.12. The fourth-order valence-corrected chi connectivity index (χ4v) is 3.38. The number of rotatable bonds is 6. The van der Waals surface area contributed by atoms with E-state index in [0.29, 0.717) is 13.2 Å². The maximum absolute atomic E-state index is 6.20. The molecular formula is C12H12Cl2OS2. The average Bonchev–Trinajstić information content (AvgIpc) is 3.02. The quantitative estimate of drug-likeness (QED) is 0.676. The van der Waals surface area contributed by atoms with Gasteiger partial charge in [0.05, 0.1) is 24.0 Å². The Bertz CT molecular complexity index is 373. The lowest BCUT2D eigenvalue weighted by molar-refractivity contribution is 0.135. The van der Waals surface area contributed by atoms with Crippen molar-refractivity contribution in [1.82, 2.24) is 0 Å². The normalized spacial score (nSPS) is 14.7. The Morgan fingerprint density at radius 3 is 1.76 bits per heavy atom. The molecule has 0 aliphatic carbocycles. The van der Waals surface area contributed by atoms with E-state index < -0.39 is 0 Å². The largest absolute Gasteiger partial charge is 0.378 e. The van der Waals surface area contributed by atoms with Crippen LogP contribution in [0.4, 0.5) is 0 Å². The van der Waals surface area contributed by atoms with Gasteiger partial charge >= 0.3 is 0 Å². The average molecular weight is 307 g/mol. The Balaban J connectivity index is 1.73. The molecule has 2 aromatic heterocycles. The molecule has 0 radical (unpaired) electrons. The van der Waals surface area contributed by atoms with Crippen LogP contribution in [0.5, 0.6) is 0 Å². The van der Waals surface area contributed by atoms with Crippen LogP contribution in [-0.2, 0) is 4.74 Å². The maximum Gasteiger partial charge on any atom is 0.0911 e. The second-order valence-corrected chi connectivity index (χ2v) is 6.52. The molecule has 2 atom stereocenters. The second-order valence-electron chi connectivity index (χ2n) is 3.50. The van der Waals surface area contributed by atoms with E-state index in [-0.39, 0.29) is 10.8 Å². The highest BCUT2D eigenvalue weighted by Crippen LogP contribution is 2.28. The number of hydrogen-bond acceptors (Lipinski definition) is 3. The summed E-state index contributed by atoms with van der Waals surface area (Å²) in [4.78, 5) is 2.27. The summed E-state index contributed by atoms with van der Waals surface area (Å²) < 4.78 is 5.55. The van der Waals surface area contributed by atoms with Gasteiger partial charge in [-0.2, -0.15) is 0 Å². The van der Waals surface area contributed by atoms with E-state index in [1.54, 1.807) is 22.7 Å². The SMILES string of the molecule is ClC(COCC(Cl)c1cccs1)c1cccs1. The molecule has 0 aliphatic heterocycles. The first-order valence-electron chi connectivity index (χ1n) is 5.20. The van der Waals surface area contributed by atoms with Gasteiger partial charge in [-0.1, -0.05) is 12.1 Å². The topological polar surface area (TPSA) is 9.23 Å². The first kappa shape index (κ1) is 13.4. The van der Waals surface area contributed by atoms with Crippen LogP contribution >= 0.6 is 45.9 Å². The predicted molar refractivity (Wildman–Crippen MR) is 76.6 cm³/mol. The van der Waals surface area contributed by atoms with E-state index in [2.05, 4.69) is 0 Å². The Morgan fingerprint density at radius 2 is 1.41 bits per heavy atom. The molecule has 17 heavy (non-hydrogen) atoms. The summed E-state index contributed by atoms with van der Waals surface area (Å²) in [6.45, 7) is 0.993. The summed E-state index contributed by atoms with van der Waals surface area (Å²) in [5.74, 6) is 0. The van der Waals surface area contributed by atoms with Crippen molar-refractivity contribution in [3.05, 3.63) is 44.8 Å². The Kier molecular flexibility index (Phi) is 5.32. The van der Waals surface area contributed by atoms with Gasteiger partial charge in [0.15, 0.2) is 0 Å². The van der Waals surface area contributed by atoms with E-state index in [1.807, 2.05) is 35.0 Å². The van der Waals surface area contributed by atoms with E-state index in [0.717, 1.165) is 9.75 Å². The number of thiophene rings is 2. The Hall–Kier alpha value is -0.0600. The molecule has 2 rings (SSSR count). The molecule has 0 spiro atoms. The molecule has 0 aliphatic rings. The highest BCUT2D eigenvalue weighted by atomic mass is 35.5. The smallest absolute Gasteiger partial charge is 0.0911 e. The fourth-order valence-electron chi connectivity index (χ4n) is 1.38. The standard InChI is InChI=1S/C12H12Cl2OS2/c13-9(11-3-1-5-16-11)7-15-8-10(14)12-4-2-6-17-12/h1-6,9-10H,7-8H2. The van der Waals surface area contributed by atoms with Crippen molar-refractivity contribution >= 4 is 45.9 Å². The van der Waals surface area contributed by atoms with Crippen molar-refractivity contribution in [1.29, 1.82) is 0 Å². The minimum Gasteiger partial charge on any atom is -0.378 e. The number of halogens is 2. The summed E-state index contributed by atoms with van der Waals surface area (Å²) >= 11 is 15.7. The van der Waals surface area contributed by atoms with Gasteiger partial charge in [0.2, 0.25) is 0 Å². The molecule has 5 heteroatoms. The molecule has 0 saturated carbocycles. The van der Waals surface area contributed by atoms with Crippen LogP contribution in [0.1, 0.15) is 20.5 Å². The molecule has 2 heterocycles. The van der Waals surface area contributed by atoms with Crippen LogP contribution in [0.3, 0.4) is 0 Å². The molecule has 0 bridgehead atoms. The zero-order chi connectivity index (χ0) is 12.1. The van der Waals surface area contributed by atoms with E-state index >= 15 is 0 Å². The van der Waals surface area contributed by atoms with Crippen LogP contribution in [0.15, 0.2) is 35.0 Å². The number of alkyl halides is 2. The summed E-state index contributed by atoms with van der Waals surface area (Å²) in [6, 6.07) is 8.02. The molecule has 1 nitrogen and oxygen atoms in total. The van der Waals surface area contributed by atoms with Gasteiger partial charge in [0, 0.05) is 9.75 Å². The molecule has 2 unspecified atom stereocenters. The van der Waals surface area contributed by atoms with E-state index in [4.69, 9.17) is 27.9 Å². The van der Waals surface area contributed by atoms with Crippen LogP contribution in [0.2, 0.25) is 0 Å². The third kappa shape index (κ3) is 3.97. The zero-order valence-electron chi connectivity index (χ0n) is 9.01. The molecular weight excluding hydrogens is 295 g/mol. The van der Waals surface area contributed by atoms with Crippen molar-refractivity contribution in [3.63, 3.8) is 0 Å². The van der Waals surface area contributed by atoms with Crippen molar-refractivity contribution in [2.45, 2.75) is 10.8 Å². The van der Waals surface area contributed by atoms with Gasteiger partial charge in [0.25, 0.3) is 0 Å². The molecule has 2 aromatic rings. The Labute approximate surface area is 119 Å². The predicted octanol–water partition coefficient (Wildman–Crippen LogP) is 5.09. The lowest BCUT2D eigenvalue weighted by Crippen LogP contribution is -2.06. The summed E-state index contributed by atoms with van der Waals surface area (Å²) in [5, 5.41) is 3.87. The maximum atomic E-state index is 6.20. The number of ether oxygens (including phenoxy) is 1. The van der Waals surface area contributed by atoms with Crippen LogP contribution in [-0.4, -0.2) is 13.2 Å². The number of hydrogen-bond donors (Lipinski definition) is 0. The lowest BCUT2D eigenvalue weighted by Gasteiger charge is -2.11. The first-order valence-corrected chi connectivity index (χ1v) is 7.83. The Morgan fingerprint density at radius 1 is 0.941 bits per heavy atom. The minimum absolute atomic E-state index is 0.0813. The zero-order valence-corrected chi connectivity index (χ0v) is 12.2. The van der Waals surface area contributed by atoms with Gasteiger partial charge in [-0.15, -0.1) is 45.9 Å². The first-order chi connectivity index (χ1) is 8.27. The minimum atomic E-state index is -0.0813. The van der Waals surface area contributed by atoms with Crippen molar-refractivity contribution in [3.8, 4) is 0 Å². The molecule has 0 aromatic carbocycles. The monoisotopic (exact) mass is 306 g/mol. The van der Waals surface area contributed by atoms with Crippen molar-refractivity contribution < 1.29 is 4.74 Å². The molecule has 0 N–H and O–H groups in total. The summed E-state index contributed by atoms with van der Waals surface area (Å²) in [6.07, 6.45) is 0. The van der Waals surface area contributed by atoms with Crippen LogP contribution < -0.4 is 0 Å². The fraction of sp³-hybridized carbons (Fsp3) is 0.333. The summed E-state index contributed by atoms with van der Waals surface area (Å²) in [5.41, 5.74) is 0. The van der Waals surface area contributed by atoms with Crippen molar-refractivity contribution in [2.75, 3.05) is 13.2 Å². The molecule has 0 saturated heterocycles. The third-order valence-corrected chi connectivity index (χ3v) is 5.19. The van der Waals surface area contributed by atoms with Crippen LogP contribution in [0, 0.1) is 0 Å². The van der Waals surface area contributed by atoms with E-state index in [9.17, 15) is 0 Å². The second kappa shape index (κ2) is 6.76. The lowest BCUT2D eigenvalue weighted by atomic mass is 10.3. The van der Waals surface area contributed by atoms with Crippen molar-refractivity contribution in [2.24, 2.45) is 0 Å². The molecule has 0 amide bonds. The third-order valence-electron chi connectivity index (χ3n) is 2.23. The van der Waals surface area contributed by atoms with Gasteiger partial charge in [-0.05, 0) is 22.9 Å². The highest BCUT2D eigenvalue weighted by molar-refractivity contribution is 7.10. The molecule has 0 fully saturated rings. The van der Waals surface area contributed by atoms with Crippen LogP contribution in [0.25, 0.3) is 0 Å². The van der Waals surface area contributed by atoms with Gasteiger partial charge in [0.1, 0.15) is 0 Å². The summed E-state index contributed by atoms with van der Waals surface area (Å²) in [7, 11) is 0. The van der Waals surface area contributed by atoms with Gasteiger partial charge in [-0.3, -0.25) is 0 Å². The van der Waals surface area contributed by atoms with E-state index in [1.165, 1.54) is 0 Å².